The fourth-order valence-corrected chi connectivity index (χ4v) is 10.1. The summed E-state index contributed by atoms with van der Waals surface area (Å²) in [7, 11) is -21.3. The molecule has 18 bridgehead atoms. The number of aromatic nitrogens is 4. The molecule has 0 aliphatic carbocycles. The van der Waals surface area contributed by atoms with Crippen molar-refractivity contribution in [2.45, 2.75) is 26.2 Å². The van der Waals surface area contributed by atoms with Crippen LogP contribution in [0.25, 0.3) is 43.8 Å². The van der Waals surface area contributed by atoms with Gasteiger partial charge >= 0.3 is 66.0 Å². The monoisotopic (exact) mass is 1600 g/mol. The van der Waals surface area contributed by atoms with E-state index in [1.807, 2.05) is 72.8 Å². The van der Waals surface area contributed by atoms with Crippen LogP contribution in [0.2, 0.25) is 0 Å². The number of fused-ring (bicyclic) bond motifs is 4. The van der Waals surface area contributed by atoms with E-state index in [9.17, 15) is 50.4 Å². The van der Waals surface area contributed by atoms with E-state index in [1.54, 1.807) is 0 Å². The molecule has 10 aromatic rings. The summed E-state index contributed by atoms with van der Waals surface area (Å²) in [6.07, 6.45) is 17.4. The number of nitrogens with zero attached hydrogens (tertiary/aromatic N) is 4. The number of hydrogen-bond acceptors (Lipinski definition) is 10. The molecular weight excluding hydrogens is 1530 g/mol. The van der Waals surface area contributed by atoms with Crippen LogP contribution in [-0.4, -0.2) is 106 Å². The van der Waals surface area contributed by atoms with Crippen LogP contribution in [0.15, 0.2) is 219 Å². The predicted molar refractivity (Wildman–Crippen MR) is 356 cm³/mol. The van der Waals surface area contributed by atoms with Gasteiger partial charge in [0.15, 0.2) is 75.8 Å². The molecule has 17 aliphatic rings. The van der Waals surface area contributed by atoms with E-state index in [1.165, 1.54) is 44.5 Å². The molecule has 6 aromatic carbocycles. The Morgan fingerprint density at radius 1 is 0.216 bits per heavy atom. The first-order valence-corrected chi connectivity index (χ1v) is 35.8. The quantitative estimate of drug-likeness (QED) is 0.0827. The molecule has 21 heterocycles. The average Bonchev–Trinajstić information content (AvgIpc) is 0.788. The summed E-state index contributed by atoms with van der Waals surface area (Å²) in [5.74, 6) is 3.13. The Morgan fingerprint density at radius 3 is 0.559 bits per heavy atom. The van der Waals surface area contributed by atoms with Gasteiger partial charge in [-0.15, -0.1) is 0 Å². The average molecular weight is 1610 g/mol. The van der Waals surface area contributed by atoms with Gasteiger partial charge in [0.1, 0.15) is 49.4 Å². The topological polar surface area (TPSA) is 108 Å². The SMILES string of the molecule is F[P-](F)(F)(F)(F)F.F[P-](F)(F)(F)(F)F.[Br-].[Br-].c1cc2ccc1C[n+]1ccc(cc1)-c1cc[n+](cc1)Cc1ccc(cc1)C[n+]1ccc(cc1)-c1cc[n+](cc1)C2.c1cc2ccc3cc2cc1OCCOCCOCCOCCOc1ccc2ccc(cc2c1)OCCOCCOCCOCCO3. The van der Waals surface area contributed by atoms with Crippen molar-refractivity contribution in [3.8, 4) is 45.3 Å². The summed E-state index contributed by atoms with van der Waals surface area (Å²) < 4.78 is 185. The minimum Gasteiger partial charge on any atom is -1.00 e. The maximum absolute atomic E-state index is 10.7. The zero-order valence-electron chi connectivity index (χ0n) is 55.0. The van der Waals surface area contributed by atoms with Gasteiger partial charge in [0, 0.05) is 70.8 Å². The van der Waals surface area contributed by atoms with Crippen molar-refractivity contribution in [2.75, 3.05) is 106 Å². The zero-order valence-corrected chi connectivity index (χ0v) is 59.9. The molecule has 4 aromatic heterocycles. The van der Waals surface area contributed by atoms with Crippen LogP contribution in [-0.2, 0) is 54.6 Å². The summed E-state index contributed by atoms with van der Waals surface area (Å²) >= 11 is 0. The Balaban J connectivity index is 0.000000238. The first-order chi connectivity index (χ1) is 47.5. The van der Waals surface area contributed by atoms with Crippen LogP contribution in [0.4, 0.5) is 50.4 Å². The third-order valence-corrected chi connectivity index (χ3v) is 14.8. The molecule has 0 saturated heterocycles. The summed E-state index contributed by atoms with van der Waals surface area (Å²) in [6, 6.07) is 59.5. The number of rotatable bonds is 0. The maximum Gasteiger partial charge on any atom is 0.173 e. The van der Waals surface area contributed by atoms with Crippen molar-refractivity contribution >= 4 is 37.2 Å². The van der Waals surface area contributed by atoms with E-state index in [0.717, 1.165) is 70.7 Å². The smallest absolute Gasteiger partial charge is 0.173 e. The van der Waals surface area contributed by atoms with Gasteiger partial charge in [-0.05, 0) is 92.3 Å². The van der Waals surface area contributed by atoms with Gasteiger partial charge in [0.05, 0.1) is 79.3 Å². The Hall–Kier alpha value is -7.62. The summed E-state index contributed by atoms with van der Waals surface area (Å²) in [6.45, 7) is 11.0. The number of benzene rings is 6. The number of hydrogen-bond donors (Lipinski definition) is 0. The van der Waals surface area contributed by atoms with Crippen molar-refractivity contribution in [3.05, 3.63) is 242 Å². The van der Waals surface area contributed by atoms with Gasteiger partial charge in [-0.3, -0.25) is 0 Å². The van der Waals surface area contributed by atoms with Crippen molar-refractivity contribution in [1.29, 1.82) is 0 Å². The molecule has 27 rings (SSSR count). The molecule has 30 heteroatoms. The molecule has 0 fully saturated rings. The van der Waals surface area contributed by atoms with E-state index in [4.69, 9.17) is 47.4 Å². The molecule has 17 aliphatic heterocycles. The second-order valence-electron chi connectivity index (χ2n) is 23.0. The van der Waals surface area contributed by atoms with Gasteiger partial charge < -0.3 is 81.3 Å². The molecule has 0 atom stereocenters. The van der Waals surface area contributed by atoms with Crippen molar-refractivity contribution < 1.29 is 150 Å². The summed E-state index contributed by atoms with van der Waals surface area (Å²) in [5, 5.41) is 4.31. The van der Waals surface area contributed by atoms with Crippen LogP contribution >= 0.6 is 15.6 Å². The van der Waals surface area contributed by atoms with Gasteiger partial charge in [0.25, 0.3) is 0 Å². The third-order valence-electron chi connectivity index (χ3n) is 14.8. The number of ether oxygens (including phenoxy) is 10. The van der Waals surface area contributed by atoms with Crippen molar-refractivity contribution in [1.82, 2.24) is 0 Å². The number of pyridine rings is 4. The molecule has 0 saturated carbocycles. The second-order valence-corrected chi connectivity index (χ2v) is 26.8. The summed E-state index contributed by atoms with van der Waals surface area (Å²) in [4.78, 5) is 0. The van der Waals surface area contributed by atoms with Crippen molar-refractivity contribution in [3.63, 3.8) is 0 Å². The Morgan fingerprint density at radius 2 is 0.382 bits per heavy atom. The Bertz CT molecular complexity index is 3690. The van der Waals surface area contributed by atoms with Gasteiger partial charge in [-0.25, -0.2) is 18.3 Å². The van der Waals surface area contributed by atoms with Gasteiger partial charge in [-0.2, -0.15) is 0 Å². The first kappa shape index (κ1) is 81.7. The zero-order chi connectivity index (χ0) is 71.0. The minimum absolute atomic E-state index is 0. The predicted octanol–water partition coefficient (Wildman–Crippen LogP) is 10.8. The van der Waals surface area contributed by atoms with Crippen LogP contribution in [0, 0.1) is 0 Å². The van der Waals surface area contributed by atoms with E-state index in [2.05, 4.69) is 165 Å². The van der Waals surface area contributed by atoms with Crippen molar-refractivity contribution in [2.24, 2.45) is 0 Å². The normalized spacial score (nSPS) is 16.3. The Labute approximate surface area is 602 Å². The van der Waals surface area contributed by atoms with E-state index in [-0.39, 0.29) is 34.0 Å². The van der Waals surface area contributed by atoms with Gasteiger partial charge in [0.2, 0.25) is 0 Å². The molecule has 552 valence electrons. The maximum atomic E-state index is 9.87. The summed E-state index contributed by atoms with van der Waals surface area (Å²) in [5.41, 5.74) is 10.1. The third kappa shape index (κ3) is 33.2. The largest absolute Gasteiger partial charge is 1.00 e. The molecule has 0 unspecified atom stereocenters. The first-order valence-electron chi connectivity index (χ1n) is 31.8. The molecule has 102 heavy (non-hydrogen) atoms. The molecule has 0 N–H and O–H groups in total. The van der Waals surface area contributed by atoms with Crippen LogP contribution < -0.4 is 71.2 Å². The van der Waals surface area contributed by atoms with E-state index < -0.39 is 15.6 Å². The molecule has 14 nitrogen and oxygen atoms in total. The van der Waals surface area contributed by atoms with Crippen LogP contribution in [0.5, 0.6) is 23.0 Å². The standard InChI is InChI=1S/C36H32N4.C36H44O10.2BrH.2F6P/c1-2-30-4-3-29(1)25-37-17-9-33(10-18-37)35-13-21-39(22-14-35)27-31-5-7-32(8-6-31)28-40-23-15-36(16-24-40)34-11-19-38(26-30)20-12-34;1-5-33-25-31-26-34(6-2-29(1)31)44-22-18-40-14-10-38-12-16-42-20-24-46-36-8-4-30-3-7-35(27-32(30)28-36)45-23-19-41-15-11-37-9-13-39-17-21-43-33;;;2*1-7(2,3,4,5)6/h1-24H,25-28H2;1-8,25-28H,9-24H2;2*1H;;/q+4;;;;2*-1/p-2. The molecule has 0 spiro atoms. The number of halogens is 14. The van der Waals surface area contributed by atoms with Crippen LogP contribution in [0.1, 0.15) is 22.3 Å². The fraction of sp³-hybridized carbons (Fsp3) is 0.278. The minimum atomic E-state index is -10.7. The Kier molecular flexibility index (Phi) is 29.0. The van der Waals surface area contributed by atoms with E-state index in [0.29, 0.717) is 106 Å². The fourth-order valence-electron chi connectivity index (χ4n) is 10.1. The second kappa shape index (κ2) is 36.2. The molecule has 0 amide bonds. The van der Waals surface area contributed by atoms with Crippen LogP contribution in [0.3, 0.4) is 0 Å². The van der Waals surface area contributed by atoms with E-state index >= 15 is 0 Å². The van der Waals surface area contributed by atoms with Gasteiger partial charge in [-0.1, -0.05) is 72.8 Å². The molecule has 0 radical (unpaired) electrons. The molecular formula is C72H76Br2F12N4O10P2.